The average molecular weight is 250 g/mol. The molecule has 3 aliphatic rings. The maximum absolute atomic E-state index is 11.8. The van der Waals surface area contributed by atoms with Crippen molar-refractivity contribution in [2.75, 3.05) is 6.61 Å². The minimum absolute atomic E-state index is 0.168. The number of esters is 1. The maximum Gasteiger partial charge on any atom is 0.336 e. The molecule has 5 atom stereocenters. The van der Waals surface area contributed by atoms with Crippen LogP contribution in [-0.2, 0) is 9.53 Å². The van der Waals surface area contributed by atoms with Crippen LogP contribution in [0, 0.1) is 23.7 Å². The van der Waals surface area contributed by atoms with Gasteiger partial charge in [0.25, 0.3) is 0 Å². The fraction of sp³-hybridized carbons (Fsp3) is 0.800. The monoisotopic (exact) mass is 250 g/mol. The summed E-state index contributed by atoms with van der Waals surface area (Å²) >= 11 is 0. The Morgan fingerprint density at radius 2 is 2.17 bits per heavy atom. The number of aliphatic hydroxyl groups excluding tert-OH is 1. The molecule has 0 amide bonds. The zero-order valence-corrected chi connectivity index (χ0v) is 11.0. The van der Waals surface area contributed by atoms with Gasteiger partial charge in [0, 0.05) is 5.92 Å². The molecule has 3 nitrogen and oxygen atoms in total. The van der Waals surface area contributed by atoms with Crippen LogP contribution >= 0.6 is 0 Å². The predicted octanol–water partition coefficient (Wildman–Crippen LogP) is 2.29. The largest absolute Gasteiger partial charge is 0.456 e. The molecule has 100 valence electrons. The molecule has 18 heavy (non-hydrogen) atoms. The molecule has 0 aliphatic heterocycles. The summed E-state index contributed by atoms with van der Waals surface area (Å²) in [6, 6.07) is 0. The Balaban J connectivity index is 1.73. The standard InChI is InChI=1S/C15H22O3/c1-9(8-16)14(17)18-15(2)7-10-6-13(15)12-5-3-4-11(10)12/h10-13,16H,1,3-8H2,2H3. The van der Waals surface area contributed by atoms with Crippen LogP contribution < -0.4 is 0 Å². The van der Waals surface area contributed by atoms with Gasteiger partial charge in [0.1, 0.15) is 5.60 Å². The van der Waals surface area contributed by atoms with Gasteiger partial charge < -0.3 is 9.84 Å². The molecule has 3 fully saturated rings. The Hall–Kier alpha value is -0.830. The van der Waals surface area contributed by atoms with Crippen LogP contribution in [0.25, 0.3) is 0 Å². The highest BCUT2D eigenvalue weighted by Gasteiger charge is 2.60. The fourth-order valence-corrected chi connectivity index (χ4v) is 4.85. The van der Waals surface area contributed by atoms with Crippen molar-refractivity contribution in [2.45, 2.75) is 44.6 Å². The molecule has 0 aromatic heterocycles. The number of hydrogen-bond acceptors (Lipinski definition) is 3. The highest BCUT2D eigenvalue weighted by Crippen LogP contribution is 2.63. The maximum atomic E-state index is 11.8. The molecule has 1 N–H and O–H groups in total. The lowest BCUT2D eigenvalue weighted by Gasteiger charge is -2.39. The first-order valence-electron chi connectivity index (χ1n) is 7.07. The Bertz CT molecular complexity index is 389. The number of rotatable bonds is 3. The summed E-state index contributed by atoms with van der Waals surface area (Å²) < 4.78 is 5.70. The van der Waals surface area contributed by atoms with E-state index in [1.54, 1.807) is 0 Å². The lowest BCUT2D eigenvalue weighted by molar-refractivity contribution is -0.162. The van der Waals surface area contributed by atoms with E-state index in [-0.39, 0.29) is 17.8 Å². The van der Waals surface area contributed by atoms with Gasteiger partial charge in [-0.05, 0) is 50.4 Å². The number of aliphatic hydroxyl groups is 1. The molecule has 3 aliphatic carbocycles. The average Bonchev–Trinajstić information content (AvgIpc) is 2.97. The van der Waals surface area contributed by atoms with E-state index >= 15 is 0 Å². The first kappa shape index (κ1) is 12.2. The van der Waals surface area contributed by atoms with Gasteiger partial charge in [0.15, 0.2) is 0 Å². The summed E-state index contributed by atoms with van der Waals surface area (Å²) in [5.41, 5.74) is -0.146. The number of carbonyl (C=O) groups is 1. The minimum Gasteiger partial charge on any atom is -0.456 e. The molecule has 0 spiro atoms. The SMILES string of the molecule is C=C(CO)C(=O)OC1(C)CC2CC1C1CCCC21. The third-order valence-corrected chi connectivity index (χ3v) is 5.56. The number of carbonyl (C=O) groups excluding carboxylic acids is 1. The Labute approximate surface area is 108 Å². The fourth-order valence-electron chi connectivity index (χ4n) is 4.85. The summed E-state index contributed by atoms with van der Waals surface area (Å²) in [5, 5.41) is 8.94. The topological polar surface area (TPSA) is 46.5 Å². The molecular formula is C15H22O3. The third kappa shape index (κ3) is 1.63. The first-order valence-corrected chi connectivity index (χ1v) is 7.07. The smallest absolute Gasteiger partial charge is 0.336 e. The second-order valence-electron chi connectivity index (χ2n) is 6.53. The van der Waals surface area contributed by atoms with E-state index in [9.17, 15) is 4.79 Å². The van der Waals surface area contributed by atoms with Crippen molar-refractivity contribution in [3.05, 3.63) is 12.2 Å². The molecule has 2 bridgehead atoms. The molecule has 0 saturated heterocycles. The molecular weight excluding hydrogens is 228 g/mol. The van der Waals surface area contributed by atoms with E-state index in [1.807, 2.05) is 0 Å². The first-order chi connectivity index (χ1) is 8.55. The van der Waals surface area contributed by atoms with Crippen LogP contribution in [0.3, 0.4) is 0 Å². The number of hydrogen-bond donors (Lipinski definition) is 1. The van der Waals surface area contributed by atoms with Crippen molar-refractivity contribution in [2.24, 2.45) is 23.7 Å². The van der Waals surface area contributed by atoms with Gasteiger partial charge in [0.2, 0.25) is 0 Å². The van der Waals surface area contributed by atoms with Crippen molar-refractivity contribution < 1.29 is 14.6 Å². The predicted molar refractivity (Wildman–Crippen MR) is 67.8 cm³/mol. The van der Waals surface area contributed by atoms with Gasteiger partial charge in [-0.25, -0.2) is 4.79 Å². The van der Waals surface area contributed by atoms with E-state index < -0.39 is 5.97 Å². The minimum atomic E-state index is -0.415. The molecule has 0 aromatic carbocycles. The zero-order chi connectivity index (χ0) is 12.9. The van der Waals surface area contributed by atoms with Crippen LogP contribution in [0.2, 0.25) is 0 Å². The van der Waals surface area contributed by atoms with Gasteiger partial charge in [0.05, 0.1) is 12.2 Å². The van der Waals surface area contributed by atoms with E-state index in [4.69, 9.17) is 9.84 Å². The van der Waals surface area contributed by atoms with Crippen LogP contribution in [0.15, 0.2) is 12.2 Å². The van der Waals surface area contributed by atoms with Gasteiger partial charge in [-0.1, -0.05) is 13.0 Å². The quantitative estimate of drug-likeness (QED) is 0.617. The molecule has 0 aromatic rings. The second-order valence-corrected chi connectivity index (χ2v) is 6.53. The Kier molecular flexibility index (Phi) is 2.77. The van der Waals surface area contributed by atoms with Crippen molar-refractivity contribution in [3.8, 4) is 0 Å². The lowest BCUT2D eigenvalue weighted by atomic mass is 9.73. The summed E-state index contributed by atoms with van der Waals surface area (Å²) in [7, 11) is 0. The van der Waals surface area contributed by atoms with Crippen molar-refractivity contribution in [1.82, 2.24) is 0 Å². The molecule has 0 heterocycles. The zero-order valence-electron chi connectivity index (χ0n) is 11.0. The number of fused-ring (bicyclic) bond motifs is 5. The molecule has 3 saturated carbocycles. The van der Waals surface area contributed by atoms with Gasteiger partial charge in [-0.2, -0.15) is 0 Å². The summed E-state index contributed by atoms with van der Waals surface area (Å²) in [6.45, 7) is 5.32. The highest BCUT2D eigenvalue weighted by atomic mass is 16.6. The van der Waals surface area contributed by atoms with E-state index in [0.29, 0.717) is 5.92 Å². The molecule has 0 radical (unpaired) electrons. The van der Waals surface area contributed by atoms with E-state index in [2.05, 4.69) is 13.5 Å². The lowest BCUT2D eigenvalue weighted by Crippen LogP contribution is -2.43. The van der Waals surface area contributed by atoms with Crippen molar-refractivity contribution in [1.29, 1.82) is 0 Å². The number of ether oxygens (including phenoxy) is 1. The highest BCUT2D eigenvalue weighted by molar-refractivity contribution is 5.88. The summed E-state index contributed by atoms with van der Waals surface area (Å²) in [4.78, 5) is 11.8. The second kappa shape index (κ2) is 4.09. The molecule has 3 heteroatoms. The van der Waals surface area contributed by atoms with Crippen molar-refractivity contribution >= 4 is 5.97 Å². The van der Waals surface area contributed by atoms with Crippen LogP contribution in [0.1, 0.15) is 39.0 Å². The summed E-state index contributed by atoms with van der Waals surface area (Å²) in [6.07, 6.45) is 6.25. The third-order valence-electron chi connectivity index (χ3n) is 5.56. The van der Waals surface area contributed by atoms with Crippen LogP contribution in [0.4, 0.5) is 0 Å². The van der Waals surface area contributed by atoms with Crippen LogP contribution in [0.5, 0.6) is 0 Å². The van der Waals surface area contributed by atoms with E-state index in [0.717, 1.165) is 24.2 Å². The summed E-state index contributed by atoms with van der Waals surface area (Å²) in [5.74, 6) is 2.53. The van der Waals surface area contributed by atoms with Crippen molar-refractivity contribution in [3.63, 3.8) is 0 Å². The Morgan fingerprint density at radius 3 is 2.89 bits per heavy atom. The normalized spacial score (nSPS) is 45.0. The van der Waals surface area contributed by atoms with Gasteiger partial charge >= 0.3 is 5.97 Å². The van der Waals surface area contributed by atoms with Crippen LogP contribution in [-0.4, -0.2) is 23.3 Å². The van der Waals surface area contributed by atoms with Gasteiger partial charge in [-0.3, -0.25) is 0 Å². The Morgan fingerprint density at radius 1 is 1.44 bits per heavy atom. The van der Waals surface area contributed by atoms with E-state index in [1.165, 1.54) is 25.7 Å². The van der Waals surface area contributed by atoms with Gasteiger partial charge in [-0.15, -0.1) is 0 Å². The molecule has 5 unspecified atom stereocenters. The molecule has 3 rings (SSSR count).